The predicted octanol–water partition coefficient (Wildman–Crippen LogP) is 15.4. The zero-order valence-electron chi connectivity index (χ0n) is 37.2. The van der Waals surface area contributed by atoms with Gasteiger partial charge in [-0.15, -0.1) is 0 Å². The average molecular weight is 739 g/mol. The average Bonchev–Trinajstić information content (AvgIpc) is 3.68. The van der Waals surface area contributed by atoms with E-state index in [1.54, 1.807) is 33.4 Å². The summed E-state index contributed by atoms with van der Waals surface area (Å²) in [5, 5.41) is 0. The van der Waals surface area contributed by atoms with Crippen molar-refractivity contribution in [2.24, 2.45) is 23.7 Å². The second-order valence-corrected chi connectivity index (χ2v) is 40.3. The molecule has 8 unspecified atom stereocenters. The molecule has 8 atom stereocenters. The topological polar surface area (TPSA) is 0 Å². The van der Waals surface area contributed by atoms with Crippen LogP contribution in [0.3, 0.4) is 0 Å². The Morgan fingerprint density at radius 3 is 0.923 bits per heavy atom. The van der Waals surface area contributed by atoms with Crippen LogP contribution in [0.5, 0.6) is 0 Å². The predicted molar refractivity (Wildman–Crippen MR) is 236 cm³/mol. The van der Waals surface area contributed by atoms with Crippen molar-refractivity contribution >= 4 is 15.2 Å². The van der Waals surface area contributed by atoms with Gasteiger partial charge in [-0.3, -0.25) is 0 Å². The summed E-state index contributed by atoms with van der Waals surface area (Å²) in [4.78, 5) is 0. The lowest BCUT2D eigenvalue weighted by Crippen LogP contribution is -2.62. The molecule has 0 bridgehead atoms. The van der Waals surface area contributed by atoms with E-state index in [1.807, 2.05) is 0 Å². The Hall–Kier alpha value is -1.13. The molecule has 0 amide bonds. The lowest BCUT2D eigenvalue weighted by atomic mass is 9.69. The van der Waals surface area contributed by atoms with E-state index in [9.17, 15) is 0 Å². The molecule has 52 heavy (non-hydrogen) atoms. The molecule has 0 nitrogen and oxygen atoms in total. The third-order valence-corrected chi connectivity index (χ3v) is 37.3. The Balaban J connectivity index is 1.26. The molecule has 4 saturated carbocycles. The van der Waals surface area contributed by atoms with Gasteiger partial charge in [0.2, 0.25) is 0 Å². The van der Waals surface area contributed by atoms with Gasteiger partial charge in [0.15, 0.2) is 0 Å². The van der Waals surface area contributed by atoms with Crippen LogP contribution in [0.1, 0.15) is 193 Å². The lowest BCUT2D eigenvalue weighted by Gasteiger charge is -2.52. The SMILES string of the molecule is CC(C)(C)c1cc(C2CCCC3C2CCC3[Si](C)(C)[Si](C)(C)C2CCC3C(c4cc(C(C)(C)C)cc(C(C)(C)C)c4)CCCC32)cc(C(C)(C)C)c1. The van der Waals surface area contributed by atoms with Crippen LogP contribution in [0, 0.1) is 23.7 Å². The van der Waals surface area contributed by atoms with Crippen molar-refractivity contribution in [3.05, 3.63) is 69.8 Å². The van der Waals surface area contributed by atoms with E-state index >= 15 is 0 Å². The molecule has 4 aliphatic carbocycles. The van der Waals surface area contributed by atoms with E-state index in [4.69, 9.17) is 0 Å². The highest BCUT2D eigenvalue weighted by molar-refractivity contribution is 7.41. The first-order valence-corrected chi connectivity index (χ1v) is 29.3. The largest absolute Gasteiger partial charge is 0.0711 e. The number of hydrogen-bond acceptors (Lipinski definition) is 0. The van der Waals surface area contributed by atoms with E-state index in [0.29, 0.717) is 0 Å². The van der Waals surface area contributed by atoms with Crippen molar-refractivity contribution in [3.8, 4) is 0 Å². The molecule has 0 aromatic heterocycles. The first kappa shape index (κ1) is 40.5. The van der Waals surface area contributed by atoms with Crippen LogP contribution >= 0.6 is 0 Å². The normalized spacial score (nSPS) is 30.7. The van der Waals surface area contributed by atoms with Gasteiger partial charge in [-0.25, -0.2) is 0 Å². The van der Waals surface area contributed by atoms with Gasteiger partial charge >= 0.3 is 0 Å². The van der Waals surface area contributed by atoms with Gasteiger partial charge in [-0.2, -0.15) is 0 Å². The molecule has 0 radical (unpaired) electrons. The Morgan fingerprint density at radius 2 is 0.654 bits per heavy atom. The first-order chi connectivity index (χ1) is 23.8. The molecule has 0 heterocycles. The van der Waals surface area contributed by atoms with Crippen molar-refractivity contribution in [2.45, 2.75) is 218 Å². The third kappa shape index (κ3) is 7.54. The van der Waals surface area contributed by atoms with Crippen LogP contribution in [0.2, 0.25) is 37.3 Å². The molecule has 2 aromatic carbocycles. The van der Waals surface area contributed by atoms with Crippen molar-refractivity contribution < 1.29 is 0 Å². The van der Waals surface area contributed by atoms with E-state index < -0.39 is 15.2 Å². The van der Waals surface area contributed by atoms with E-state index in [2.05, 4.69) is 146 Å². The summed E-state index contributed by atoms with van der Waals surface area (Å²) in [5.74, 6) is 5.27. The number of fused-ring (bicyclic) bond motifs is 2. The van der Waals surface area contributed by atoms with Crippen molar-refractivity contribution in [3.63, 3.8) is 0 Å². The molecule has 6 rings (SSSR count). The molecule has 290 valence electrons. The van der Waals surface area contributed by atoms with E-state index in [0.717, 1.165) is 46.6 Å². The summed E-state index contributed by atoms with van der Waals surface area (Å²) in [6.07, 6.45) is 14.8. The number of benzene rings is 2. The Kier molecular flexibility index (Phi) is 10.8. The minimum absolute atomic E-state index is 0.189. The van der Waals surface area contributed by atoms with E-state index in [-0.39, 0.29) is 21.7 Å². The maximum absolute atomic E-state index is 2.95. The number of hydrogen-bond donors (Lipinski definition) is 0. The number of rotatable bonds is 5. The molecule has 4 aliphatic rings. The maximum atomic E-state index is 2.95. The monoisotopic (exact) mass is 739 g/mol. The Bertz CT molecular complexity index is 1400. The standard InChI is InChI=1S/C50H82Si2/c1-47(2,3)35-27-33(28-36(31-35)48(4,5)6)39-19-17-21-43-41(39)23-25-45(43)51(13,14)52(15,16)46-26-24-42-40(20-18-22-44(42)46)34-29-37(49(7,8)9)32-38(30-34)50(10,11)12/h27-32,39-46H,17-26H2,1-16H3. The van der Waals surface area contributed by atoms with Crippen LogP contribution < -0.4 is 0 Å². The highest BCUT2D eigenvalue weighted by Crippen LogP contribution is 2.64. The third-order valence-electron chi connectivity index (χ3n) is 16.6. The van der Waals surface area contributed by atoms with Crippen LogP contribution in [-0.2, 0) is 21.7 Å². The minimum Gasteiger partial charge on any atom is -0.0711 e. The van der Waals surface area contributed by atoms with Gasteiger partial charge in [-0.05, 0) is 127 Å². The molecule has 0 aliphatic heterocycles. The fourth-order valence-electron chi connectivity index (χ4n) is 12.6. The van der Waals surface area contributed by atoms with Gasteiger partial charge in [0, 0.05) is 15.2 Å². The fourth-order valence-corrected chi connectivity index (χ4v) is 27.2. The van der Waals surface area contributed by atoms with Crippen molar-refractivity contribution in [1.82, 2.24) is 0 Å². The second kappa shape index (κ2) is 13.8. The van der Waals surface area contributed by atoms with Crippen LogP contribution in [0.4, 0.5) is 0 Å². The lowest BCUT2D eigenvalue weighted by molar-refractivity contribution is 0.234. The minimum atomic E-state index is -1.49. The summed E-state index contributed by atoms with van der Waals surface area (Å²) >= 11 is 0. The summed E-state index contributed by atoms with van der Waals surface area (Å²) in [6, 6.07) is 15.7. The van der Waals surface area contributed by atoms with Crippen molar-refractivity contribution in [2.75, 3.05) is 0 Å². The Labute approximate surface area is 325 Å². The first-order valence-electron chi connectivity index (χ1n) is 22.1. The second-order valence-electron chi connectivity index (χ2n) is 24.2. The summed E-state index contributed by atoms with van der Waals surface area (Å²) in [6.45, 7) is 40.8. The Morgan fingerprint density at radius 1 is 0.365 bits per heavy atom. The van der Waals surface area contributed by atoms with Gasteiger partial charge in [0.25, 0.3) is 0 Å². The zero-order chi connectivity index (χ0) is 38.4. The van der Waals surface area contributed by atoms with Crippen LogP contribution in [0.15, 0.2) is 36.4 Å². The van der Waals surface area contributed by atoms with Crippen LogP contribution in [0.25, 0.3) is 0 Å². The molecule has 0 N–H and O–H groups in total. The molecule has 2 heteroatoms. The molecular formula is C50H82Si2. The summed E-state index contributed by atoms with van der Waals surface area (Å²) in [5.41, 5.74) is 12.4. The summed E-state index contributed by atoms with van der Waals surface area (Å²) < 4.78 is 0. The van der Waals surface area contributed by atoms with Gasteiger partial charge in [0.05, 0.1) is 0 Å². The van der Waals surface area contributed by atoms with E-state index in [1.165, 1.54) is 64.2 Å². The smallest absolute Gasteiger partial charge is 0.0449 e. The molecule has 0 saturated heterocycles. The fraction of sp³-hybridized carbons (Fsp3) is 0.760. The quantitative estimate of drug-likeness (QED) is 0.268. The molecule has 0 spiro atoms. The maximum Gasteiger partial charge on any atom is 0.0449 e. The molecule has 2 aromatic rings. The van der Waals surface area contributed by atoms with Crippen LogP contribution in [-0.4, -0.2) is 15.2 Å². The van der Waals surface area contributed by atoms with Gasteiger partial charge < -0.3 is 0 Å². The summed E-state index contributed by atoms with van der Waals surface area (Å²) in [7, 11) is -2.98. The molecule has 4 fully saturated rings. The van der Waals surface area contributed by atoms with Gasteiger partial charge in [-0.1, -0.05) is 184 Å². The molecular weight excluding hydrogens is 657 g/mol. The highest BCUT2D eigenvalue weighted by atomic mass is 29.3. The highest BCUT2D eigenvalue weighted by Gasteiger charge is 2.60. The van der Waals surface area contributed by atoms with Crippen molar-refractivity contribution in [1.29, 1.82) is 0 Å². The van der Waals surface area contributed by atoms with Gasteiger partial charge in [0.1, 0.15) is 0 Å². The zero-order valence-corrected chi connectivity index (χ0v) is 39.2.